The SMILES string of the molecule is COc1cc(OC)c(NC(=O)c2cc(S(=O)(=O)NC3CC3)ccc2C)cc1Cl. The van der Waals surface area contributed by atoms with Crippen molar-refractivity contribution >= 4 is 33.2 Å². The molecular formula is C19H21ClN2O5S. The number of amides is 1. The van der Waals surface area contributed by atoms with Crippen LogP contribution in [-0.2, 0) is 10.0 Å². The van der Waals surface area contributed by atoms with E-state index >= 15 is 0 Å². The Hall–Kier alpha value is -2.29. The molecule has 9 heteroatoms. The molecule has 0 aromatic heterocycles. The zero-order valence-electron chi connectivity index (χ0n) is 15.7. The van der Waals surface area contributed by atoms with Gasteiger partial charge in [0.05, 0.1) is 29.8 Å². The van der Waals surface area contributed by atoms with E-state index in [1.54, 1.807) is 19.1 Å². The van der Waals surface area contributed by atoms with Gasteiger partial charge in [-0.15, -0.1) is 0 Å². The van der Waals surface area contributed by atoms with Crippen molar-refractivity contribution in [2.75, 3.05) is 19.5 Å². The van der Waals surface area contributed by atoms with Gasteiger partial charge in [-0.25, -0.2) is 13.1 Å². The summed E-state index contributed by atoms with van der Waals surface area (Å²) in [7, 11) is -0.729. The first-order valence-electron chi connectivity index (χ1n) is 8.61. The Labute approximate surface area is 169 Å². The number of benzene rings is 2. The third-order valence-electron chi connectivity index (χ3n) is 4.39. The van der Waals surface area contributed by atoms with Crippen LogP contribution in [-0.4, -0.2) is 34.6 Å². The molecule has 0 radical (unpaired) electrons. The molecule has 0 atom stereocenters. The van der Waals surface area contributed by atoms with Crippen molar-refractivity contribution in [2.24, 2.45) is 0 Å². The smallest absolute Gasteiger partial charge is 0.256 e. The summed E-state index contributed by atoms with van der Waals surface area (Å²) in [6.45, 7) is 1.73. The second-order valence-electron chi connectivity index (χ2n) is 6.51. The molecule has 0 aliphatic heterocycles. The predicted molar refractivity (Wildman–Crippen MR) is 107 cm³/mol. The Morgan fingerprint density at radius 2 is 1.79 bits per heavy atom. The molecule has 2 N–H and O–H groups in total. The summed E-state index contributed by atoms with van der Waals surface area (Å²) in [5.74, 6) is 0.305. The van der Waals surface area contributed by atoms with Crippen LogP contribution in [0, 0.1) is 6.92 Å². The molecule has 0 bridgehead atoms. The Morgan fingerprint density at radius 1 is 1.11 bits per heavy atom. The fourth-order valence-electron chi connectivity index (χ4n) is 2.65. The zero-order chi connectivity index (χ0) is 20.5. The fraction of sp³-hybridized carbons (Fsp3) is 0.316. The van der Waals surface area contributed by atoms with Gasteiger partial charge in [-0.3, -0.25) is 4.79 Å². The summed E-state index contributed by atoms with van der Waals surface area (Å²) < 4.78 is 37.9. The number of ether oxygens (including phenoxy) is 2. The summed E-state index contributed by atoms with van der Waals surface area (Å²) in [6.07, 6.45) is 1.66. The van der Waals surface area contributed by atoms with E-state index in [0.29, 0.717) is 27.8 Å². The number of carbonyl (C=O) groups excluding carboxylic acids is 1. The molecule has 1 saturated carbocycles. The molecule has 1 amide bonds. The van der Waals surface area contributed by atoms with E-state index < -0.39 is 15.9 Å². The lowest BCUT2D eigenvalue weighted by atomic mass is 10.1. The van der Waals surface area contributed by atoms with Gasteiger partial charge in [-0.1, -0.05) is 17.7 Å². The maximum absolute atomic E-state index is 12.8. The minimum Gasteiger partial charge on any atom is -0.495 e. The van der Waals surface area contributed by atoms with Crippen molar-refractivity contribution in [2.45, 2.75) is 30.7 Å². The number of sulfonamides is 1. The van der Waals surface area contributed by atoms with Crippen LogP contribution < -0.4 is 19.5 Å². The molecule has 3 rings (SSSR count). The summed E-state index contributed by atoms with van der Waals surface area (Å²) >= 11 is 6.14. The normalized spacial score (nSPS) is 13.9. The highest BCUT2D eigenvalue weighted by Crippen LogP contribution is 2.36. The number of hydrogen-bond donors (Lipinski definition) is 2. The van der Waals surface area contributed by atoms with Crippen LogP contribution in [0.5, 0.6) is 11.5 Å². The quantitative estimate of drug-likeness (QED) is 0.710. The zero-order valence-corrected chi connectivity index (χ0v) is 17.3. The second kappa shape index (κ2) is 7.98. The Morgan fingerprint density at radius 3 is 2.39 bits per heavy atom. The predicted octanol–water partition coefficient (Wildman–Crippen LogP) is 3.36. The van der Waals surface area contributed by atoms with Crippen molar-refractivity contribution in [3.8, 4) is 11.5 Å². The van der Waals surface area contributed by atoms with Crippen LogP contribution >= 0.6 is 11.6 Å². The monoisotopic (exact) mass is 424 g/mol. The standard InChI is InChI=1S/C19H21ClN2O5S/c1-11-4-7-13(28(24,25)22-12-5-6-12)8-14(11)19(23)21-16-9-15(20)17(26-2)10-18(16)27-3/h4,7-10,12,22H,5-6H2,1-3H3,(H,21,23). The number of anilines is 1. The minimum atomic E-state index is -3.66. The lowest BCUT2D eigenvalue weighted by Crippen LogP contribution is -2.26. The maximum Gasteiger partial charge on any atom is 0.256 e. The molecule has 0 spiro atoms. The average molecular weight is 425 g/mol. The largest absolute Gasteiger partial charge is 0.495 e. The molecule has 2 aromatic carbocycles. The number of methoxy groups -OCH3 is 2. The van der Waals surface area contributed by atoms with Gasteiger partial charge < -0.3 is 14.8 Å². The average Bonchev–Trinajstić information content (AvgIpc) is 3.45. The summed E-state index contributed by atoms with van der Waals surface area (Å²) in [5, 5.41) is 3.03. The topological polar surface area (TPSA) is 93.7 Å². The van der Waals surface area contributed by atoms with E-state index in [9.17, 15) is 13.2 Å². The van der Waals surface area contributed by atoms with Gasteiger partial charge in [0, 0.05) is 17.7 Å². The number of carbonyl (C=O) groups is 1. The van der Waals surface area contributed by atoms with E-state index in [-0.39, 0.29) is 16.5 Å². The van der Waals surface area contributed by atoms with Crippen molar-refractivity contribution in [3.05, 3.63) is 46.5 Å². The van der Waals surface area contributed by atoms with Crippen LogP contribution in [0.1, 0.15) is 28.8 Å². The van der Waals surface area contributed by atoms with E-state index in [0.717, 1.165) is 12.8 Å². The molecule has 1 fully saturated rings. The number of rotatable bonds is 7. The highest BCUT2D eigenvalue weighted by atomic mass is 35.5. The first-order valence-corrected chi connectivity index (χ1v) is 10.5. The first-order chi connectivity index (χ1) is 13.2. The summed E-state index contributed by atoms with van der Waals surface area (Å²) in [6, 6.07) is 7.52. The second-order valence-corrected chi connectivity index (χ2v) is 8.63. The van der Waals surface area contributed by atoms with Gasteiger partial charge in [0.1, 0.15) is 11.5 Å². The molecular weight excluding hydrogens is 404 g/mol. The Bertz CT molecular complexity index is 1020. The van der Waals surface area contributed by atoms with E-state index in [2.05, 4.69) is 10.0 Å². The van der Waals surface area contributed by atoms with Gasteiger partial charge >= 0.3 is 0 Å². The molecule has 0 heterocycles. The maximum atomic E-state index is 12.8. The molecule has 28 heavy (non-hydrogen) atoms. The molecule has 1 aliphatic carbocycles. The van der Waals surface area contributed by atoms with Gasteiger partial charge in [-0.2, -0.15) is 0 Å². The molecule has 2 aromatic rings. The lowest BCUT2D eigenvalue weighted by Gasteiger charge is -2.14. The third-order valence-corrected chi connectivity index (χ3v) is 6.20. The van der Waals surface area contributed by atoms with Crippen LogP contribution in [0.25, 0.3) is 0 Å². The van der Waals surface area contributed by atoms with Crippen LogP contribution in [0.2, 0.25) is 5.02 Å². The van der Waals surface area contributed by atoms with E-state index in [1.807, 2.05) is 0 Å². The number of nitrogens with one attached hydrogen (secondary N) is 2. The van der Waals surface area contributed by atoms with Crippen molar-refractivity contribution in [1.29, 1.82) is 0 Å². The van der Waals surface area contributed by atoms with Gasteiger partial charge in [-0.05, 0) is 43.5 Å². The summed E-state index contributed by atoms with van der Waals surface area (Å²) in [5.41, 5.74) is 1.23. The highest BCUT2D eigenvalue weighted by molar-refractivity contribution is 7.89. The molecule has 1 aliphatic rings. The highest BCUT2D eigenvalue weighted by Gasteiger charge is 2.28. The molecule has 0 saturated heterocycles. The Kier molecular flexibility index (Phi) is 5.83. The molecule has 7 nitrogen and oxygen atoms in total. The van der Waals surface area contributed by atoms with Crippen LogP contribution in [0.15, 0.2) is 35.2 Å². The van der Waals surface area contributed by atoms with Gasteiger partial charge in [0.15, 0.2) is 0 Å². The van der Waals surface area contributed by atoms with E-state index in [4.69, 9.17) is 21.1 Å². The molecule has 150 valence electrons. The number of aryl methyl sites for hydroxylation is 1. The van der Waals surface area contributed by atoms with Crippen LogP contribution in [0.3, 0.4) is 0 Å². The third kappa shape index (κ3) is 4.40. The number of hydrogen-bond acceptors (Lipinski definition) is 5. The fourth-order valence-corrected chi connectivity index (χ4v) is 4.22. The van der Waals surface area contributed by atoms with Crippen molar-refractivity contribution in [1.82, 2.24) is 4.72 Å². The number of halogens is 1. The lowest BCUT2D eigenvalue weighted by molar-refractivity contribution is 0.102. The van der Waals surface area contributed by atoms with Crippen molar-refractivity contribution in [3.63, 3.8) is 0 Å². The van der Waals surface area contributed by atoms with Gasteiger partial charge in [0.2, 0.25) is 10.0 Å². The summed E-state index contributed by atoms with van der Waals surface area (Å²) in [4.78, 5) is 12.9. The molecule has 0 unspecified atom stereocenters. The van der Waals surface area contributed by atoms with Crippen molar-refractivity contribution < 1.29 is 22.7 Å². The van der Waals surface area contributed by atoms with E-state index in [1.165, 1.54) is 32.4 Å². The Balaban J connectivity index is 1.90. The minimum absolute atomic E-state index is 0.0192. The van der Waals surface area contributed by atoms with Gasteiger partial charge in [0.25, 0.3) is 5.91 Å². The first kappa shape index (κ1) is 20.4. The van der Waals surface area contributed by atoms with Crippen LogP contribution in [0.4, 0.5) is 5.69 Å².